The topological polar surface area (TPSA) is 57.7 Å². The monoisotopic (exact) mass is 422 g/mol. The number of sulfonamides is 1. The smallest absolute Gasteiger partial charge is 0.264 e. The van der Waals surface area contributed by atoms with Gasteiger partial charge in [0, 0.05) is 26.2 Å². The summed E-state index contributed by atoms with van der Waals surface area (Å²) in [6.07, 6.45) is 0. The van der Waals surface area contributed by atoms with E-state index in [0.29, 0.717) is 23.4 Å². The Bertz CT molecular complexity index is 1160. The van der Waals surface area contributed by atoms with Crippen molar-refractivity contribution in [1.82, 2.24) is 4.90 Å². The molecule has 30 heavy (non-hydrogen) atoms. The number of hydrogen-bond acceptors (Lipinski definition) is 3. The number of benzene rings is 3. The van der Waals surface area contributed by atoms with Crippen molar-refractivity contribution in [2.24, 2.45) is 0 Å². The lowest BCUT2D eigenvalue weighted by atomic mass is 10.1. The molecule has 0 aliphatic heterocycles. The zero-order valence-electron chi connectivity index (χ0n) is 17.7. The van der Waals surface area contributed by atoms with Crippen molar-refractivity contribution in [3.8, 4) is 0 Å². The molecule has 0 spiro atoms. The minimum atomic E-state index is -3.67. The fourth-order valence-corrected chi connectivity index (χ4v) is 4.68. The van der Waals surface area contributed by atoms with Crippen LogP contribution in [0.25, 0.3) is 0 Å². The van der Waals surface area contributed by atoms with Crippen LogP contribution in [0.2, 0.25) is 0 Å². The van der Waals surface area contributed by atoms with Gasteiger partial charge in [-0.1, -0.05) is 48.0 Å². The Morgan fingerprint density at radius 2 is 1.57 bits per heavy atom. The van der Waals surface area contributed by atoms with Crippen molar-refractivity contribution < 1.29 is 13.2 Å². The van der Waals surface area contributed by atoms with Crippen LogP contribution >= 0.6 is 0 Å². The molecule has 0 atom stereocenters. The highest BCUT2D eigenvalue weighted by molar-refractivity contribution is 7.92. The quantitative estimate of drug-likeness (QED) is 0.592. The van der Waals surface area contributed by atoms with E-state index in [1.807, 2.05) is 32.0 Å². The first-order valence-corrected chi connectivity index (χ1v) is 11.1. The Labute approximate surface area is 178 Å². The summed E-state index contributed by atoms with van der Waals surface area (Å²) in [7, 11) is -0.383. The van der Waals surface area contributed by atoms with Crippen LogP contribution in [0.3, 0.4) is 0 Å². The highest BCUT2D eigenvalue weighted by Crippen LogP contribution is 2.26. The first kappa shape index (κ1) is 21.6. The van der Waals surface area contributed by atoms with E-state index in [4.69, 9.17) is 0 Å². The van der Waals surface area contributed by atoms with Crippen LogP contribution in [0.5, 0.6) is 0 Å². The van der Waals surface area contributed by atoms with Crippen LogP contribution < -0.4 is 4.31 Å². The van der Waals surface area contributed by atoms with Crippen molar-refractivity contribution in [1.29, 1.82) is 0 Å². The molecule has 0 aliphatic carbocycles. The molecule has 0 fully saturated rings. The van der Waals surface area contributed by atoms with Crippen LogP contribution in [-0.4, -0.2) is 33.3 Å². The Balaban J connectivity index is 1.81. The second-order valence-corrected chi connectivity index (χ2v) is 9.41. The summed E-state index contributed by atoms with van der Waals surface area (Å²) >= 11 is 0. The van der Waals surface area contributed by atoms with E-state index in [0.717, 1.165) is 11.1 Å². The van der Waals surface area contributed by atoms with Gasteiger partial charge in [-0.2, -0.15) is 0 Å². The number of aryl methyl sites for hydroxylation is 2. The van der Waals surface area contributed by atoms with Gasteiger partial charge >= 0.3 is 0 Å². The van der Waals surface area contributed by atoms with Crippen molar-refractivity contribution in [2.45, 2.75) is 25.3 Å². The predicted octanol–water partition coefficient (Wildman–Crippen LogP) is 4.40. The second kappa shape index (κ2) is 8.71. The molecule has 3 aromatic rings. The average Bonchev–Trinajstić information content (AvgIpc) is 2.73. The summed E-state index contributed by atoms with van der Waals surface area (Å²) in [6.45, 7) is 4.33. The number of amides is 1. The fraction of sp³-hybridized carbons (Fsp3) is 0.208. The molecule has 0 heterocycles. The number of carbonyl (C=O) groups excluding carboxylic acids is 1. The highest BCUT2D eigenvalue weighted by atomic mass is 32.2. The van der Waals surface area contributed by atoms with Crippen LogP contribution in [0, 0.1) is 13.8 Å². The minimum Gasteiger partial charge on any atom is -0.337 e. The number of nitrogens with zero attached hydrogens (tertiary/aromatic N) is 2. The van der Waals surface area contributed by atoms with E-state index in [9.17, 15) is 13.2 Å². The normalized spacial score (nSPS) is 11.2. The standard InChI is InChI=1S/C24H26N2O3S/c1-18-9-8-10-20(15-18)17-25(3)24(27)21-13-14-23(19(2)16-21)26(4)30(28,29)22-11-6-5-7-12-22/h5-16H,17H2,1-4H3. The van der Waals surface area contributed by atoms with Gasteiger partial charge in [0.1, 0.15) is 0 Å². The molecule has 0 radical (unpaired) electrons. The fourth-order valence-electron chi connectivity index (χ4n) is 3.40. The van der Waals surface area contributed by atoms with Crippen molar-refractivity contribution >= 4 is 21.6 Å². The molecule has 0 aliphatic rings. The largest absolute Gasteiger partial charge is 0.337 e. The summed E-state index contributed by atoms with van der Waals surface area (Å²) in [6, 6.07) is 21.4. The van der Waals surface area contributed by atoms with Crippen LogP contribution in [0.15, 0.2) is 77.7 Å². The third kappa shape index (κ3) is 4.54. The Kier molecular flexibility index (Phi) is 6.27. The van der Waals surface area contributed by atoms with Gasteiger partial charge in [-0.15, -0.1) is 0 Å². The maximum Gasteiger partial charge on any atom is 0.264 e. The lowest BCUT2D eigenvalue weighted by Gasteiger charge is -2.23. The minimum absolute atomic E-state index is 0.111. The molecule has 5 nitrogen and oxygen atoms in total. The third-order valence-corrected chi connectivity index (χ3v) is 6.82. The van der Waals surface area contributed by atoms with E-state index >= 15 is 0 Å². The molecule has 0 saturated carbocycles. The third-order valence-electron chi connectivity index (χ3n) is 5.03. The van der Waals surface area contributed by atoms with Gasteiger partial charge in [0.2, 0.25) is 0 Å². The molecule has 3 rings (SSSR count). The zero-order chi connectivity index (χ0) is 21.9. The van der Waals surface area contributed by atoms with E-state index < -0.39 is 10.0 Å². The van der Waals surface area contributed by atoms with Crippen molar-refractivity contribution in [2.75, 3.05) is 18.4 Å². The molecule has 0 aromatic heterocycles. The molecule has 0 unspecified atom stereocenters. The molecule has 1 amide bonds. The van der Waals surface area contributed by atoms with Gasteiger partial charge in [0.15, 0.2) is 0 Å². The zero-order valence-corrected chi connectivity index (χ0v) is 18.5. The molecular formula is C24H26N2O3S. The van der Waals surface area contributed by atoms with Gasteiger partial charge in [0.05, 0.1) is 10.6 Å². The lowest BCUT2D eigenvalue weighted by Crippen LogP contribution is -2.28. The highest BCUT2D eigenvalue weighted by Gasteiger charge is 2.23. The van der Waals surface area contributed by atoms with Gasteiger partial charge < -0.3 is 4.90 Å². The van der Waals surface area contributed by atoms with Crippen LogP contribution in [-0.2, 0) is 16.6 Å². The summed E-state index contributed by atoms with van der Waals surface area (Å²) < 4.78 is 27.0. The average molecular weight is 423 g/mol. The van der Waals surface area contributed by atoms with E-state index in [-0.39, 0.29) is 10.8 Å². The maximum absolute atomic E-state index is 12.9. The maximum atomic E-state index is 12.9. The van der Waals surface area contributed by atoms with Crippen molar-refractivity contribution in [3.63, 3.8) is 0 Å². The van der Waals surface area contributed by atoms with Crippen LogP contribution in [0.1, 0.15) is 27.0 Å². The number of anilines is 1. The SMILES string of the molecule is Cc1cccc(CN(C)C(=O)c2ccc(N(C)S(=O)(=O)c3ccccc3)c(C)c2)c1. The van der Waals surface area contributed by atoms with E-state index in [1.165, 1.54) is 11.4 Å². The molecular weight excluding hydrogens is 396 g/mol. The lowest BCUT2D eigenvalue weighted by molar-refractivity contribution is 0.0785. The molecule has 0 N–H and O–H groups in total. The molecule has 0 saturated heterocycles. The number of carbonyl (C=O) groups is 1. The summed E-state index contributed by atoms with van der Waals surface area (Å²) in [5.41, 5.74) is 3.99. The van der Waals surface area contributed by atoms with Gasteiger partial charge in [0.25, 0.3) is 15.9 Å². The Morgan fingerprint density at radius 1 is 0.867 bits per heavy atom. The van der Waals surface area contributed by atoms with Gasteiger partial charge in [-0.3, -0.25) is 9.10 Å². The Hall–Kier alpha value is -3.12. The molecule has 3 aromatic carbocycles. The summed E-state index contributed by atoms with van der Waals surface area (Å²) in [4.78, 5) is 14.8. The molecule has 0 bridgehead atoms. The summed E-state index contributed by atoms with van der Waals surface area (Å²) in [5, 5.41) is 0. The summed E-state index contributed by atoms with van der Waals surface area (Å²) in [5.74, 6) is -0.111. The Morgan fingerprint density at radius 3 is 2.20 bits per heavy atom. The second-order valence-electron chi connectivity index (χ2n) is 7.44. The number of hydrogen-bond donors (Lipinski definition) is 0. The predicted molar refractivity (Wildman–Crippen MR) is 120 cm³/mol. The van der Waals surface area contributed by atoms with Crippen LogP contribution in [0.4, 0.5) is 5.69 Å². The molecule has 6 heteroatoms. The first-order chi connectivity index (χ1) is 14.2. The molecule has 156 valence electrons. The first-order valence-electron chi connectivity index (χ1n) is 9.66. The van der Waals surface area contributed by atoms with Gasteiger partial charge in [-0.25, -0.2) is 8.42 Å². The van der Waals surface area contributed by atoms with E-state index in [1.54, 1.807) is 60.5 Å². The number of rotatable bonds is 6. The van der Waals surface area contributed by atoms with E-state index in [2.05, 4.69) is 6.07 Å². The van der Waals surface area contributed by atoms with Gasteiger partial charge in [-0.05, 0) is 55.3 Å². The van der Waals surface area contributed by atoms with Crippen molar-refractivity contribution in [3.05, 3.63) is 95.1 Å².